The maximum atomic E-state index is 13.3. The lowest BCUT2D eigenvalue weighted by molar-refractivity contribution is -0.133. The molecular formula is C28H28ClN5O. The van der Waals surface area contributed by atoms with Crippen molar-refractivity contribution in [3.05, 3.63) is 112 Å². The average Bonchev–Trinajstić information content (AvgIpc) is 3.39. The highest BCUT2D eigenvalue weighted by molar-refractivity contribution is 6.30. The molecule has 0 aliphatic carbocycles. The number of piperidine rings is 1. The van der Waals surface area contributed by atoms with E-state index in [1.165, 1.54) is 0 Å². The first kappa shape index (κ1) is 23.2. The van der Waals surface area contributed by atoms with Crippen LogP contribution in [0.3, 0.4) is 0 Å². The molecule has 0 spiro atoms. The van der Waals surface area contributed by atoms with Gasteiger partial charge >= 0.3 is 0 Å². The predicted molar refractivity (Wildman–Crippen MR) is 136 cm³/mol. The van der Waals surface area contributed by atoms with Crippen molar-refractivity contribution in [3.8, 4) is 0 Å². The Hall–Kier alpha value is -3.51. The van der Waals surface area contributed by atoms with Gasteiger partial charge in [-0.05, 0) is 53.8 Å². The predicted octanol–water partition coefficient (Wildman–Crippen LogP) is 5.09. The number of benzene rings is 3. The molecule has 0 N–H and O–H groups in total. The molecule has 1 atom stereocenters. The Bertz CT molecular complexity index is 1270. The van der Waals surface area contributed by atoms with Crippen LogP contribution in [-0.4, -0.2) is 44.1 Å². The summed E-state index contributed by atoms with van der Waals surface area (Å²) < 4.78 is 0. The first-order chi connectivity index (χ1) is 17.0. The van der Waals surface area contributed by atoms with Gasteiger partial charge < -0.3 is 4.90 Å². The van der Waals surface area contributed by atoms with Gasteiger partial charge in [-0.25, -0.2) is 0 Å². The van der Waals surface area contributed by atoms with Crippen molar-refractivity contribution < 1.29 is 4.79 Å². The highest BCUT2D eigenvalue weighted by atomic mass is 35.5. The maximum absolute atomic E-state index is 13.3. The van der Waals surface area contributed by atoms with Gasteiger partial charge in [0, 0.05) is 18.1 Å². The topological polar surface area (TPSA) is 63.9 Å². The van der Waals surface area contributed by atoms with E-state index in [0.29, 0.717) is 30.5 Å². The minimum absolute atomic E-state index is 0.164. The Kier molecular flexibility index (Phi) is 6.64. The van der Waals surface area contributed by atoms with E-state index in [4.69, 9.17) is 16.7 Å². The summed E-state index contributed by atoms with van der Waals surface area (Å²) >= 11 is 6.02. The molecule has 35 heavy (non-hydrogen) atoms. The van der Waals surface area contributed by atoms with E-state index in [9.17, 15) is 4.79 Å². The number of carbonyl (C=O) groups excluding carboxylic acids is 1. The summed E-state index contributed by atoms with van der Waals surface area (Å²) in [5.74, 6) is 0.705. The number of aromatic nitrogens is 4. The van der Waals surface area contributed by atoms with Crippen molar-refractivity contribution in [2.45, 2.75) is 37.6 Å². The molecule has 7 heteroatoms. The molecule has 6 nitrogen and oxygen atoms in total. The van der Waals surface area contributed by atoms with Crippen LogP contribution in [0.15, 0.2) is 84.9 Å². The lowest BCUT2D eigenvalue weighted by atomic mass is 9.72. The standard InChI is InChI=1S/C28H28ClN5O/c1-21(23-8-4-2-5-9-23)26(35)33-18-16-28(17-19-33,24-10-6-3-7-11-24)27-30-32-34(31-27)20-22-12-14-25(29)15-13-22/h2-15,21H,16-20H2,1H3. The fourth-order valence-corrected chi connectivity index (χ4v) is 5.05. The summed E-state index contributed by atoms with van der Waals surface area (Å²) in [6.07, 6.45) is 1.49. The van der Waals surface area contributed by atoms with Crippen molar-refractivity contribution in [2.24, 2.45) is 0 Å². The quantitative estimate of drug-likeness (QED) is 0.381. The van der Waals surface area contributed by atoms with Gasteiger partial charge in [0.15, 0.2) is 5.82 Å². The molecule has 1 aliphatic heterocycles. The van der Waals surface area contributed by atoms with Gasteiger partial charge in [0.2, 0.25) is 5.91 Å². The van der Waals surface area contributed by atoms with Gasteiger partial charge in [0.1, 0.15) is 0 Å². The number of tetrazole rings is 1. The average molecular weight is 486 g/mol. The zero-order valence-corrected chi connectivity index (χ0v) is 20.5. The normalized spacial score (nSPS) is 16.1. The Balaban J connectivity index is 1.37. The molecule has 1 aromatic heterocycles. The number of rotatable bonds is 6. The molecule has 0 saturated carbocycles. The maximum Gasteiger partial charge on any atom is 0.229 e. The second-order valence-corrected chi connectivity index (χ2v) is 9.61. The third-order valence-corrected chi connectivity index (χ3v) is 7.30. The van der Waals surface area contributed by atoms with E-state index in [-0.39, 0.29) is 17.2 Å². The van der Waals surface area contributed by atoms with Crippen LogP contribution >= 0.6 is 11.6 Å². The molecule has 0 radical (unpaired) electrons. The number of halogens is 1. The van der Waals surface area contributed by atoms with Crippen LogP contribution in [0.25, 0.3) is 0 Å². The molecule has 4 aromatic rings. The molecule has 1 unspecified atom stereocenters. The number of nitrogens with zero attached hydrogens (tertiary/aromatic N) is 5. The SMILES string of the molecule is CC(C(=O)N1CCC(c2ccccc2)(c2nnn(Cc3ccc(Cl)cc3)n2)CC1)c1ccccc1. The van der Waals surface area contributed by atoms with Gasteiger partial charge in [-0.1, -0.05) is 84.4 Å². The third kappa shape index (κ3) is 4.84. The van der Waals surface area contributed by atoms with Crippen LogP contribution in [0.1, 0.15) is 48.2 Å². The van der Waals surface area contributed by atoms with E-state index >= 15 is 0 Å². The summed E-state index contributed by atoms with van der Waals surface area (Å²) in [4.78, 5) is 16.9. The molecule has 0 bridgehead atoms. The van der Waals surface area contributed by atoms with Crippen LogP contribution in [0.4, 0.5) is 0 Å². The first-order valence-corrected chi connectivity index (χ1v) is 12.3. The summed E-state index contributed by atoms with van der Waals surface area (Å²) in [7, 11) is 0. The van der Waals surface area contributed by atoms with Crippen molar-refractivity contribution in [1.82, 2.24) is 25.1 Å². The highest BCUT2D eigenvalue weighted by Gasteiger charge is 2.43. The number of carbonyl (C=O) groups is 1. The highest BCUT2D eigenvalue weighted by Crippen LogP contribution is 2.40. The Labute approximate surface area is 210 Å². The van der Waals surface area contributed by atoms with Crippen LogP contribution in [0, 0.1) is 0 Å². The van der Waals surface area contributed by atoms with Crippen LogP contribution in [0.5, 0.6) is 0 Å². The summed E-state index contributed by atoms with van der Waals surface area (Å²) in [5, 5.41) is 14.4. The number of amides is 1. The zero-order chi connectivity index (χ0) is 24.3. The third-order valence-electron chi connectivity index (χ3n) is 7.04. The fourth-order valence-electron chi connectivity index (χ4n) is 4.92. The lowest BCUT2D eigenvalue weighted by Gasteiger charge is -2.41. The Morgan fingerprint density at radius 1 is 0.943 bits per heavy atom. The number of likely N-dealkylation sites (tertiary alicyclic amines) is 1. The Morgan fingerprint density at radius 3 is 2.23 bits per heavy atom. The summed E-state index contributed by atoms with van der Waals surface area (Å²) in [6, 6.07) is 28.0. The molecule has 5 rings (SSSR count). The zero-order valence-electron chi connectivity index (χ0n) is 19.7. The summed E-state index contributed by atoms with van der Waals surface area (Å²) in [6.45, 7) is 3.81. The molecule has 3 aromatic carbocycles. The smallest absolute Gasteiger partial charge is 0.229 e. The van der Waals surface area contributed by atoms with E-state index < -0.39 is 0 Å². The van der Waals surface area contributed by atoms with Gasteiger partial charge in [-0.2, -0.15) is 4.80 Å². The minimum atomic E-state index is -0.383. The second kappa shape index (κ2) is 10.0. The molecule has 2 heterocycles. The molecule has 1 fully saturated rings. The second-order valence-electron chi connectivity index (χ2n) is 9.18. The molecule has 1 aliphatic rings. The first-order valence-electron chi connectivity index (χ1n) is 12.0. The summed E-state index contributed by atoms with van der Waals surface area (Å²) in [5.41, 5.74) is 2.88. The lowest BCUT2D eigenvalue weighted by Crippen LogP contribution is -2.47. The van der Waals surface area contributed by atoms with E-state index in [0.717, 1.165) is 29.5 Å². The fraction of sp³-hybridized carbons (Fsp3) is 0.286. The van der Waals surface area contributed by atoms with E-state index in [1.54, 1.807) is 4.80 Å². The molecule has 1 amide bonds. The largest absolute Gasteiger partial charge is 0.342 e. The van der Waals surface area contributed by atoms with Crippen molar-refractivity contribution in [1.29, 1.82) is 0 Å². The van der Waals surface area contributed by atoms with E-state index in [1.807, 2.05) is 84.6 Å². The van der Waals surface area contributed by atoms with Gasteiger partial charge in [0.05, 0.1) is 17.9 Å². The van der Waals surface area contributed by atoms with Crippen LogP contribution < -0.4 is 0 Å². The number of hydrogen-bond acceptors (Lipinski definition) is 4. The van der Waals surface area contributed by atoms with Crippen LogP contribution in [0.2, 0.25) is 5.02 Å². The van der Waals surface area contributed by atoms with Gasteiger partial charge in [-0.15, -0.1) is 10.2 Å². The van der Waals surface area contributed by atoms with Crippen molar-refractivity contribution in [2.75, 3.05) is 13.1 Å². The minimum Gasteiger partial charge on any atom is -0.342 e. The Morgan fingerprint density at radius 2 is 1.57 bits per heavy atom. The van der Waals surface area contributed by atoms with Crippen LogP contribution in [-0.2, 0) is 16.8 Å². The molecular weight excluding hydrogens is 458 g/mol. The van der Waals surface area contributed by atoms with Crippen molar-refractivity contribution >= 4 is 17.5 Å². The molecule has 1 saturated heterocycles. The molecule has 178 valence electrons. The van der Waals surface area contributed by atoms with E-state index in [2.05, 4.69) is 22.4 Å². The van der Waals surface area contributed by atoms with Gasteiger partial charge in [-0.3, -0.25) is 4.79 Å². The van der Waals surface area contributed by atoms with Crippen molar-refractivity contribution in [3.63, 3.8) is 0 Å². The van der Waals surface area contributed by atoms with Gasteiger partial charge in [0.25, 0.3) is 0 Å². The number of hydrogen-bond donors (Lipinski definition) is 0. The monoisotopic (exact) mass is 485 g/mol.